The summed E-state index contributed by atoms with van der Waals surface area (Å²) in [5, 5.41) is 19.0. The summed E-state index contributed by atoms with van der Waals surface area (Å²) < 4.78 is 2.16. The second-order valence-electron chi connectivity index (χ2n) is 9.24. The Balaban J connectivity index is 1.70. The molecule has 0 unspecified atom stereocenters. The molecule has 1 aromatic heterocycles. The van der Waals surface area contributed by atoms with Gasteiger partial charge in [-0.15, -0.1) is 0 Å². The van der Waals surface area contributed by atoms with Crippen molar-refractivity contribution in [3.8, 4) is 17.2 Å². The number of benzene rings is 5. The van der Waals surface area contributed by atoms with E-state index in [1.807, 2.05) is 49.5 Å². The predicted molar refractivity (Wildman–Crippen MR) is 154 cm³/mol. The lowest BCUT2D eigenvalue weighted by Gasteiger charge is -2.37. The Bertz CT molecular complexity index is 1650. The normalized spacial score (nSPS) is 11.3. The van der Waals surface area contributed by atoms with Gasteiger partial charge in [0.05, 0.1) is 17.1 Å². The molecule has 0 aliphatic heterocycles. The third-order valence-electron chi connectivity index (χ3n) is 7.13. The number of nitrogens with zero attached hydrogens (tertiary/aromatic N) is 3. The first-order valence-corrected chi connectivity index (χ1v) is 12.6. The topological polar surface area (TPSA) is 53.6 Å². The van der Waals surface area contributed by atoms with Gasteiger partial charge in [-0.2, -0.15) is 10.4 Å². The Hall–Kier alpha value is -5.14. The Morgan fingerprint density at radius 2 is 1.21 bits per heavy atom. The summed E-state index contributed by atoms with van der Waals surface area (Å²) in [6, 6.07) is 48.1. The van der Waals surface area contributed by atoms with Crippen molar-refractivity contribution in [2.75, 3.05) is 12.4 Å². The van der Waals surface area contributed by atoms with Crippen LogP contribution in [0.25, 0.3) is 22.0 Å². The lowest BCUT2D eigenvalue weighted by Crippen LogP contribution is -2.38. The Morgan fingerprint density at radius 3 is 1.74 bits per heavy atom. The zero-order chi connectivity index (χ0) is 26.0. The van der Waals surface area contributed by atoms with Crippen molar-refractivity contribution in [2.45, 2.75) is 5.54 Å². The fraction of sp³-hybridized carbons (Fsp3) is 0.0588. The summed E-state index contributed by atoms with van der Waals surface area (Å²) in [6.07, 6.45) is 0. The van der Waals surface area contributed by atoms with Gasteiger partial charge in [0, 0.05) is 12.4 Å². The number of nitriles is 1. The first-order chi connectivity index (χ1) is 18.8. The van der Waals surface area contributed by atoms with Crippen molar-refractivity contribution in [3.05, 3.63) is 156 Å². The van der Waals surface area contributed by atoms with Crippen molar-refractivity contribution in [3.63, 3.8) is 0 Å². The molecule has 6 rings (SSSR count). The second kappa shape index (κ2) is 9.72. The van der Waals surface area contributed by atoms with Crippen LogP contribution < -0.4 is 5.32 Å². The Morgan fingerprint density at radius 1 is 0.658 bits per heavy atom. The number of fused-ring (bicyclic) bond motifs is 1. The van der Waals surface area contributed by atoms with E-state index in [2.05, 4.69) is 107 Å². The molecular weight excluding hydrogens is 464 g/mol. The van der Waals surface area contributed by atoms with Crippen molar-refractivity contribution in [1.82, 2.24) is 9.78 Å². The zero-order valence-electron chi connectivity index (χ0n) is 21.0. The smallest absolute Gasteiger partial charge is 0.155 e. The number of nitrogens with one attached hydrogen (secondary N) is 1. The summed E-state index contributed by atoms with van der Waals surface area (Å²) >= 11 is 0. The van der Waals surface area contributed by atoms with Crippen LogP contribution in [0, 0.1) is 11.3 Å². The Kier molecular flexibility index (Phi) is 5.95. The summed E-state index contributed by atoms with van der Waals surface area (Å²) in [7, 11) is 1.91. The first-order valence-electron chi connectivity index (χ1n) is 12.6. The molecule has 0 aliphatic carbocycles. The van der Waals surface area contributed by atoms with Crippen molar-refractivity contribution in [2.24, 2.45) is 0 Å². The minimum absolute atomic E-state index is 0.642. The van der Waals surface area contributed by atoms with Gasteiger partial charge in [0.25, 0.3) is 0 Å². The van der Waals surface area contributed by atoms with Gasteiger partial charge in [-0.25, -0.2) is 4.68 Å². The van der Waals surface area contributed by atoms with Crippen molar-refractivity contribution in [1.29, 1.82) is 5.26 Å². The van der Waals surface area contributed by atoms with E-state index in [0.29, 0.717) is 5.56 Å². The molecule has 38 heavy (non-hydrogen) atoms. The van der Waals surface area contributed by atoms with Gasteiger partial charge in [0.15, 0.2) is 5.82 Å². The van der Waals surface area contributed by atoms with E-state index >= 15 is 0 Å². The van der Waals surface area contributed by atoms with Crippen molar-refractivity contribution >= 4 is 16.7 Å². The summed E-state index contributed by atoms with van der Waals surface area (Å²) in [5.41, 5.74) is 6.34. The minimum Gasteiger partial charge on any atom is -0.371 e. The molecule has 6 aromatic rings. The fourth-order valence-corrected chi connectivity index (χ4v) is 5.41. The van der Waals surface area contributed by atoms with E-state index in [1.54, 1.807) is 0 Å². The molecule has 1 heterocycles. The summed E-state index contributed by atoms with van der Waals surface area (Å²) in [4.78, 5) is 0. The SMILES string of the molecule is CNc1nn(C(c2ccccc2)(c2ccccc2)c2ccccc2)c2ccc(-c3cccc(C#N)c3)cc12. The molecule has 0 atom stereocenters. The van der Waals surface area contributed by atoms with Gasteiger partial charge in [0.2, 0.25) is 0 Å². The van der Waals surface area contributed by atoms with E-state index in [1.165, 1.54) is 0 Å². The maximum Gasteiger partial charge on any atom is 0.155 e. The molecule has 0 saturated heterocycles. The molecule has 0 aliphatic rings. The fourth-order valence-electron chi connectivity index (χ4n) is 5.41. The highest BCUT2D eigenvalue weighted by atomic mass is 15.4. The number of aromatic nitrogens is 2. The highest BCUT2D eigenvalue weighted by Gasteiger charge is 2.40. The largest absolute Gasteiger partial charge is 0.371 e. The van der Waals surface area contributed by atoms with Gasteiger partial charge in [-0.1, -0.05) is 109 Å². The lowest BCUT2D eigenvalue weighted by molar-refractivity contribution is 0.477. The van der Waals surface area contributed by atoms with Crippen LogP contribution in [0.2, 0.25) is 0 Å². The monoisotopic (exact) mass is 490 g/mol. The van der Waals surface area contributed by atoms with Crippen LogP contribution >= 0.6 is 0 Å². The molecule has 4 heteroatoms. The van der Waals surface area contributed by atoms with E-state index in [4.69, 9.17) is 5.10 Å². The van der Waals surface area contributed by atoms with Gasteiger partial charge >= 0.3 is 0 Å². The maximum absolute atomic E-state index is 9.41. The standard InChI is InChI=1S/C34H26N4/c1-36-33-31-23-27(26-13-11-12-25(22-26)24-35)20-21-32(31)38(37-33)34(28-14-5-2-6-15-28,29-16-7-3-8-17-29)30-18-9-4-10-19-30/h2-23H,1H3,(H,36,37). The number of rotatable bonds is 6. The maximum atomic E-state index is 9.41. The van der Waals surface area contributed by atoms with Gasteiger partial charge < -0.3 is 5.32 Å². The molecule has 0 saturated carbocycles. The molecule has 182 valence electrons. The molecule has 1 N–H and O–H groups in total. The van der Waals surface area contributed by atoms with E-state index in [-0.39, 0.29) is 0 Å². The molecule has 0 amide bonds. The number of hydrogen-bond acceptors (Lipinski definition) is 3. The van der Waals surface area contributed by atoms with Crippen LogP contribution in [0.4, 0.5) is 5.82 Å². The summed E-state index contributed by atoms with van der Waals surface area (Å²) in [6.45, 7) is 0. The highest BCUT2D eigenvalue weighted by Crippen LogP contribution is 2.43. The van der Waals surface area contributed by atoms with Gasteiger partial charge in [-0.3, -0.25) is 0 Å². The molecule has 4 nitrogen and oxygen atoms in total. The number of hydrogen-bond donors (Lipinski definition) is 1. The van der Waals surface area contributed by atoms with E-state index in [9.17, 15) is 5.26 Å². The molecule has 5 aromatic carbocycles. The molecule has 0 bridgehead atoms. The quantitative estimate of drug-likeness (QED) is 0.247. The van der Waals surface area contributed by atoms with Gasteiger partial charge in [-0.05, 0) is 52.1 Å². The van der Waals surface area contributed by atoms with Crippen LogP contribution in [0.3, 0.4) is 0 Å². The molecule has 0 fully saturated rings. The lowest BCUT2D eigenvalue weighted by atomic mass is 9.77. The van der Waals surface area contributed by atoms with E-state index in [0.717, 1.165) is 44.5 Å². The average Bonchev–Trinajstić information content (AvgIpc) is 3.37. The predicted octanol–water partition coefficient (Wildman–Crippen LogP) is 7.46. The molecule has 0 spiro atoms. The van der Waals surface area contributed by atoms with Crippen LogP contribution in [0.5, 0.6) is 0 Å². The van der Waals surface area contributed by atoms with Crippen molar-refractivity contribution < 1.29 is 0 Å². The van der Waals surface area contributed by atoms with Crippen LogP contribution in [0.15, 0.2) is 133 Å². The van der Waals surface area contributed by atoms with Gasteiger partial charge in [0.1, 0.15) is 5.54 Å². The number of anilines is 1. The van der Waals surface area contributed by atoms with Crippen LogP contribution in [-0.2, 0) is 5.54 Å². The third-order valence-corrected chi connectivity index (χ3v) is 7.13. The zero-order valence-corrected chi connectivity index (χ0v) is 21.0. The average molecular weight is 491 g/mol. The Labute approximate surface area is 222 Å². The third kappa shape index (κ3) is 3.73. The first kappa shape index (κ1) is 23.3. The van der Waals surface area contributed by atoms with Crippen LogP contribution in [-0.4, -0.2) is 16.8 Å². The second-order valence-corrected chi connectivity index (χ2v) is 9.24. The molecular formula is C34H26N4. The minimum atomic E-state index is -0.709. The highest BCUT2D eigenvalue weighted by molar-refractivity contribution is 5.94. The van der Waals surface area contributed by atoms with Crippen LogP contribution in [0.1, 0.15) is 22.3 Å². The summed E-state index contributed by atoms with van der Waals surface area (Å²) in [5.74, 6) is 0.797. The molecule has 0 radical (unpaired) electrons. The van der Waals surface area contributed by atoms with E-state index < -0.39 is 5.54 Å².